The topological polar surface area (TPSA) is 93.6 Å². The second kappa shape index (κ2) is 6.70. The van der Waals surface area contributed by atoms with E-state index in [-0.39, 0.29) is 17.0 Å². The highest BCUT2D eigenvalue weighted by molar-refractivity contribution is 7.48. The highest BCUT2D eigenvalue weighted by Crippen LogP contribution is 2.35. The minimum atomic E-state index is -4.21. The molecule has 0 radical (unpaired) electrons. The van der Waals surface area contributed by atoms with Gasteiger partial charge in [0.05, 0.1) is 12.4 Å². The highest BCUT2D eigenvalue weighted by Gasteiger charge is 2.27. The summed E-state index contributed by atoms with van der Waals surface area (Å²) >= 11 is 0. The summed E-state index contributed by atoms with van der Waals surface area (Å²) < 4.78 is 42.2. The summed E-state index contributed by atoms with van der Waals surface area (Å²) in [5.41, 5.74) is 7.40. The second-order valence-corrected chi connectivity index (χ2v) is 6.44. The lowest BCUT2D eigenvalue weighted by Crippen LogP contribution is -2.14. The average molecular weight is 355 g/mol. The number of hydrogen-bond acceptors (Lipinski definition) is 5. The number of aromatic amines is 1. The summed E-state index contributed by atoms with van der Waals surface area (Å²) in [7, 11) is -1.24. The van der Waals surface area contributed by atoms with Gasteiger partial charge in [-0.1, -0.05) is 29.4 Å². The first-order valence-electron chi connectivity index (χ1n) is 6.92. The van der Waals surface area contributed by atoms with E-state index in [1.807, 2.05) is 0 Å². The molecular weight excluding hydrogens is 342 g/mol. The molecule has 0 bridgehead atoms. The number of nitrogens with one attached hydrogen (secondary N) is 1. The molecule has 0 aliphatic carbocycles. The summed E-state index contributed by atoms with van der Waals surface area (Å²) in [6, 6.07) is 5.37. The van der Waals surface area contributed by atoms with Crippen LogP contribution >= 0.6 is 8.58 Å². The van der Waals surface area contributed by atoms with Crippen molar-refractivity contribution in [3.63, 3.8) is 0 Å². The Morgan fingerprint density at radius 2 is 2.00 bits per heavy atom. The van der Waals surface area contributed by atoms with Crippen molar-refractivity contribution in [3.8, 4) is 11.4 Å². The Kier molecular flexibility index (Phi) is 4.64. The fourth-order valence-corrected chi connectivity index (χ4v) is 2.75. The molecule has 10 heteroatoms. The maximum absolute atomic E-state index is 12.4. The highest BCUT2D eigenvalue weighted by atomic mass is 31.1. The van der Waals surface area contributed by atoms with Gasteiger partial charge in [-0.25, -0.2) is 4.98 Å². The van der Waals surface area contributed by atoms with Crippen LogP contribution < -0.4 is 11.0 Å². The van der Waals surface area contributed by atoms with Crippen LogP contribution in [0.15, 0.2) is 41.3 Å². The Morgan fingerprint density at radius 3 is 2.62 bits per heavy atom. The zero-order chi connectivity index (χ0) is 17.2. The predicted octanol–water partition coefficient (Wildman–Crippen LogP) is 2.53. The molecule has 0 amide bonds. The molecule has 0 aliphatic rings. The smallest absolute Gasteiger partial charge is 0.348 e. The molecule has 2 aromatic heterocycles. The van der Waals surface area contributed by atoms with Gasteiger partial charge in [-0.2, -0.15) is 18.2 Å². The Labute approximate surface area is 136 Å². The standard InChI is InChI=1S/C14H13F3N5OP/c15-14(16,17)24-10-3-1-8(2-4-10)12-21-13(23-22-12)11(18)5-9-6-19-7-20-9/h1-4,6-7,11,24H,5,18H2,(H,19,20). The minimum absolute atomic E-state index is 0.200. The number of benzene rings is 1. The maximum Gasteiger partial charge on any atom is 0.406 e. The number of nitrogens with zero attached hydrogens (tertiary/aromatic N) is 3. The van der Waals surface area contributed by atoms with Crippen molar-refractivity contribution in [2.75, 3.05) is 0 Å². The van der Waals surface area contributed by atoms with Crippen LogP contribution in [0.5, 0.6) is 0 Å². The van der Waals surface area contributed by atoms with Crippen molar-refractivity contribution in [1.29, 1.82) is 0 Å². The van der Waals surface area contributed by atoms with Crippen molar-refractivity contribution >= 4 is 13.9 Å². The van der Waals surface area contributed by atoms with Crippen molar-refractivity contribution in [1.82, 2.24) is 20.1 Å². The SMILES string of the molecule is NC(Cc1cnc[nH]1)c1nc(-c2ccc(PC(F)(F)F)cc2)no1. The van der Waals surface area contributed by atoms with Crippen LogP contribution in [-0.2, 0) is 6.42 Å². The van der Waals surface area contributed by atoms with Crippen LogP contribution in [0, 0.1) is 0 Å². The molecule has 1 aromatic carbocycles. The fraction of sp³-hybridized carbons (Fsp3) is 0.214. The third-order valence-electron chi connectivity index (χ3n) is 3.18. The van der Waals surface area contributed by atoms with Gasteiger partial charge < -0.3 is 15.2 Å². The van der Waals surface area contributed by atoms with Gasteiger partial charge in [0, 0.05) is 32.5 Å². The molecule has 3 aromatic rings. The van der Waals surface area contributed by atoms with Crippen LogP contribution in [0.2, 0.25) is 0 Å². The molecule has 0 spiro atoms. The normalized spacial score (nSPS) is 13.7. The molecule has 2 atom stereocenters. The lowest BCUT2D eigenvalue weighted by atomic mass is 10.2. The number of imidazole rings is 1. The number of H-pyrrole nitrogens is 1. The van der Waals surface area contributed by atoms with E-state index < -0.39 is 20.5 Å². The van der Waals surface area contributed by atoms with Gasteiger partial charge in [0.15, 0.2) is 0 Å². The third-order valence-corrected chi connectivity index (χ3v) is 4.09. The molecule has 3 rings (SSSR count). The summed E-state index contributed by atoms with van der Waals surface area (Å²) in [5, 5.41) is 4.03. The first-order valence-corrected chi connectivity index (χ1v) is 7.92. The molecule has 24 heavy (non-hydrogen) atoms. The lowest BCUT2D eigenvalue weighted by Gasteiger charge is -2.06. The van der Waals surface area contributed by atoms with E-state index >= 15 is 0 Å². The first kappa shape index (κ1) is 16.6. The summed E-state index contributed by atoms with van der Waals surface area (Å²) in [6.45, 7) is 0. The Hall–Kier alpha value is -2.25. The van der Waals surface area contributed by atoms with Gasteiger partial charge >= 0.3 is 5.92 Å². The quantitative estimate of drug-likeness (QED) is 0.686. The van der Waals surface area contributed by atoms with Crippen molar-refractivity contribution in [3.05, 3.63) is 48.4 Å². The van der Waals surface area contributed by atoms with E-state index in [0.29, 0.717) is 12.0 Å². The van der Waals surface area contributed by atoms with E-state index in [4.69, 9.17) is 10.3 Å². The van der Waals surface area contributed by atoms with Gasteiger partial charge in [0.1, 0.15) is 0 Å². The first-order chi connectivity index (χ1) is 11.4. The number of alkyl halides is 3. The van der Waals surface area contributed by atoms with E-state index in [1.165, 1.54) is 24.3 Å². The Morgan fingerprint density at radius 1 is 1.25 bits per heavy atom. The maximum atomic E-state index is 12.4. The minimum Gasteiger partial charge on any atom is -0.348 e. The van der Waals surface area contributed by atoms with Gasteiger partial charge in [0.2, 0.25) is 11.7 Å². The summed E-state index contributed by atoms with van der Waals surface area (Å²) in [4.78, 5) is 11.0. The zero-order valence-electron chi connectivity index (χ0n) is 12.2. The molecule has 3 N–H and O–H groups in total. The lowest BCUT2D eigenvalue weighted by molar-refractivity contribution is -0.0359. The van der Waals surface area contributed by atoms with Crippen molar-refractivity contribution in [2.24, 2.45) is 5.73 Å². The van der Waals surface area contributed by atoms with Gasteiger partial charge in [-0.05, 0) is 5.30 Å². The zero-order valence-corrected chi connectivity index (χ0v) is 13.2. The van der Waals surface area contributed by atoms with Gasteiger partial charge in [-0.3, -0.25) is 0 Å². The number of rotatable bonds is 5. The molecule has 0 fully saturated rings. The fourth-order valence-electron chi connectivity index (χ4n) is 2.09. The Bertz CT molecular complexity index is 786. The van der Waals surface area contributed by atoms with E-state index in [1.54, 1.807) is 12.5 Å². The third kappa shape index (κ3) is 4.18. The van der Waals surface area contributed by atoms with Crippen LogP contribution in [0.3, 0.4) is 0 Å². The molecule has 0 aliphatic heterocycles. The number of aromatic nitrogens is 4. The second-order valence-electron chi connectivity index (χ2n) is 5.04. The van der Waals surface area contributed by atoms with Crippen molar-refractivity contribution < 1.29 is 17.7 Å². The van der Waals surface area contributed by atoms with E-state index in [2.05, 4.69) is 20.1 Å². The van der Waals surface area contributed by atoms with Crippen LogP contribution in [-0.4, -0.2) is 26.0 Å². The van der Waals surface area contributed by atoms with Crippen molar-refractivity contribution in [2.45, 2.75) is 18.4 Å². The molecule has 2 heterocycles. The Balaban J connectivity index is 1.71. The van der Waals surface area contributed by atoms with Crippen LogP contribution in [0.1, 0.15) is 17.6 Å². The average Bonchev–Trinajstić information content (AvgIpc) is 3.17. The largest absolute Gasteiger partial charge is 0.406 e. The van der Waals surface area contributed by atoms with E-state index in [0.717, 1.165) is 5.69 Å². The molecule has 0 saturated heterocycles. The molecule has 2 unspecified atom stereocenters. The van der Waals surface area contributed by atoms with Crippen LogP contribution in [0.4, 0.5) is 13.2 Å². The summed E-state index contributed by atoms with van der Waals surface area (Å²) in [6.07, 6.45) is 3.65. The number of halogens is 3. The number of nitrogens with two attached hydrogens (primary N) is 1. The molecule has 6 nitrogen and oxygen atoms in total. The van der Waals surface area contributed by atoms with Gasteiger partial charge in [-0.15, -0.1) is 0 Å². The van der Waals surface area contributed by atoms with E-state index in [9.17, 15) is 13.2 Å². The molecule has 126 valence electrons. The monoisotopic (exact) mass is 355 g/mol. The van der Waals surface area contributed by atoms with Crippen LogP contribution in [0.25, 0.3) is 11.4 Å². The predicted molar refractivity (Wildman–Crippen MR) is 83.0 cm³/mol. The molecule has 0 saturated carbocycles. The molecular formula is C14H13F3N5OP. The van der Waals surface area contributed by atoms with Gasteiger partial charge in [0.25, 0.3) is 0 Å². The summed E-state index contributed by atoms with van der Waals surface area (Å²) in [5.74, 6) is -3.67. The number of hydrogen-bond donors (Lipinski definition) is 2.